The monoisotopic (exact) mass is 371 g/mol. The highest BCUT2D eigenvalue weighted by Crippen LogP contribution is 2.25. The molecule has 0 fully saturated rings. The van der Waals surface area contributed by atoms with Gasteiger partial charge in [0, 0.05) is 20.2 Å². The first-order valence-corrected chi connectivity index (χ1v) is 6.62. The average Bonchev–Trinajstić information content (AvgIpc) is 2.34. The summed E-state index contributed by atoms with van der Waals surface area (Å²) in [5.41, 5.74) is 6.44. The third-order valence-electron chi connectivity index (χ3n) is 2.41. The average molecular weight is 373 g/mol. The Labute approximate surface area is 120 Å². The van der Waals surface area contributed by atoms with Gasteiger partial charge in [0.15, 0.2) is 5.78 Å². The number of carbonyl (C=O) groups is 1. The molecule has 2 rings (SSSR count). The van der Waals surface area contributed by atoms with Crippen molar-refractivity contribution in [1.82, 2.24) is 0 Å². The maximum atomic E-state index is 13.6. The summed E-state index contributed by atoms with van der Waals surface area (Å²) >= 11 is 6.48. The molecule has 2 N–H and O–H groups in total. The van der Waals surface area contributed by atoms with Crippen molar-refractivity contribution >= 4 is 43.3 Å². The molecule has 0 heterocycles. The first-order chi connectivity index (χ1) is 8.49. The van der Waals surface area contributed by atoms with Crippen molar-refractivity contribution in [2.45, 2.75) is 0 Å². The first kappa shape index (κ1) is 13.2. The summed E-state index contributed by atoms with van der Waals surface area (Å²) < 4.78 is 14.9. The molecule has 2 nitrogen and oxygen atoms in total. The Morgan fingerprint density at radius 1 is 1.06 bits per heavy atom. The number of nitrogens with two attached hydrogens (primary N) is 1. The van der Waals surface area contributed by atoms with Gasteiger partial charge in [-0.25, -0.2) is 4.39 Å². The van der Waals surface area contributed by atoms with Crippen molar-refractivity contribution in [3.63, 3.8) is 0 Å². The van der Waals surface area contributed by atoms with Crippen LogP contribution in [0, 0.1) is 5.82 Å². The van der Waals surface area contributed by atoms with Crippen LogP contribution in [0.25, 0.3) is 0 Å². The zero-order valence-electron chi connectivity index (χ0n) is 9.08. The fourth-order valence-corrected chi connectivity index (χ4v) is 2.32. The minimum absolute atomic E-state index is 0.00988. The number of carbonyl (C=O) groups excluding carboxylic acids is 1. The van der Waals surface area contributed by atoms with Crippen LogP contribution in [0.15, 0.2) is 45.3 Å². The summed E-state index contributed by atoms with van der Waals surface area (Å²) in [6.45, 7) is 0. The van der Waals surface area contributed by atoms with E-state index in [9.17, 15) is 9.18 Å². The number of anilines is 1. The van der Waals surface area contributed by atoms with Crippen LogP contribution in [0.1, 0.15) is 15.9 Å². The molecule has 0 saturated carbocycles. The summed E-state index contributed by atoms with van der Waals surface area (Å²) in [5, 5.41) is 0. The normalized spacial score (nSPS) is 10.4. The molecule has 0 radical (unpaired) electrons. The molecule has 0 unspecified atom stereocenters. The predicted octanol–water partition coefficient (Wildman–Crippen LogP) is 4.16. The molecule has 0 aliphatic carbocycles. The lowest BCUT2D eigenvalue weighted by atomic mass is 10.0. The van der Waals surface area contributed by atoms with Crippen molar-refractivity contribution in [2.24, 2.45) is 0 Å². The second kappa shape index (κ2) is 5.20. The molecular weight excluding hydrogens is 365 g/mol. The van der Waals surface area contributed by atoms with Crippen LogP contribution in [0.2, 0.25) is 0 Å². The van der Waals surface area contributed by atoms with E-state index in [0.29, 0.717) is 20.2 Å². The molecule has 2 aromatic carbocycles. The minimum atomic E-state index is -0.558. The van der Waals surface area contributed by atoms with Gasteiger partial charge in [0.2, 0.25) is 0 Å². The van der Waals surface area contributed by atoms with E-state index in [2.05, 4.69) is 31.9 Å². The van der Waals surface area contributed by atoms with Gasteiger partial charge in [-0.1, -0.05) is 31.9 Å². The van der Waals surface area contributed by atoms with E-state index in [4.69, 9.17) is 5.73 Å². The fraction of sp³-hybridized carbons (Fsp3) is 0. The topological polar surface area (TPSA) is 43.1 Å². The number of hydrogen-bond acceptors (Lipinski definition) is 2. The predicted molar refractivity (Wildman–Crippen MR) is 76.1 cm³/mol. The van der Waals surface area contributed by atoms with E-state index < -0.39 is 11.6 Å². The van der Waals surface area contributed by atoms with E-state index in [1.54, 1.807) is 18.2 Å². The van der Waals surface area contributed by atoms with Crippen LogP contribution in [0.4, 0.5) is 10.1 Å². The summed E-state index contributed by atoms with van der Waals surface area (Å²) in [7, 11) is 0. The van der Waals surface area contributed by atoms with E-state index in [1.165, 1.54) is 18.2 Å². The maximum absolute atomic E-state index is 13.6. The SMILES string of the molecule is Nc1ccc(Br)c(C(=O)c2cc(Br)ccc2F)c1. The molecule has 0 spiro atoms. The molecule has 5 heteroatoms. The quantitative estimate of drug-likeness (QED) is 0.635. The second-order valence-electron chi connectivity index (χ2n) is 3.69. The highest BCUT2D eigenvalue weighted by molar-refractivity contribution is 9.10. The largest absolute Gasteiger partial charge is 0.399 e. The molecule has 92 valence electrons. The van der Waals surface area contributed by atoms with Gasteiger partial charge in [0.1, 0.15) is 5.82 Å². The third kappa shape index (κ3) is 2.62. The Morgan fingerprint density at radius 3 is 2.50 bits per heavy atom. The zero-order valence-corrected chi connectivity index (χ0v) is 12.3. The van der Waals surface area contributed by atoms with Gasteiger partial charge in [-0.2, -0.15) is 0 Å². The van der Waals surface area contributed by atoms with Gasteiger partial charge in [0.05, 0.1) is 5.56 Å². The summed E-state index contributed by atoms with van der Waals surface area (Å²) in [5.74, 6) is -0.967. The fourth-order valence-electron chi connectivity index (χ4n) is 1.53. The van der Waals surface area contributed by atoms with E-state index in [0.717, 1.165) is 0 Å². The Hall–Kier alpha value is -1.20. The lowest BCUT2D eigenvalue weighted by Crippen LogP contribution is -2.06. The highest BCUT2D eigenvalue weighted by Gasteiger charge is 2.17. The van der Waals surface area contributed by atoms with Crippen LogP contribution in [0.3, 0.4) is 0 Å². The van der Waals surface area contributed by atoms with Gasteiger partial charge in [-0.15, -0.1) is 0 Å². The Morgan fingerprint density at radius 2 is 1.78 bits per heavy atom. The molecule has 0 atom stereocenters. The molecule has 18 heavy (non-hydrogen) atoms. The highest BCUT2D eigenvalue weighted by atomic mass is 79.9. The van der Waals surface area contributed by atoms with Gasteiger partial charge in [-0.05, 0) is 36.4 Å². The molecule has 0 amide bonds. The molecule has 0 aliphatic heterocycles. The number of benzene rings is 2. The lowest BCUT2D eigenvalue weighted by Gasteiger charge is -2.06. The standard InChI is InChI=1S/C13H8Br2FNO/c14-7-1-4-12(16)10(5-7)13(18)9-6-8(17)2-3-11(9)15/h1-6H,17H2. The van der Waals surface area contributed by atoms with E-state index in [-0.39, 0.29) is 5.56 Å². The molecule has 0 saturated heterocycles. The van der Waals surface area contributed by atoms with E-state index >= 15 is 0 Å². The van der Waals surface area contributed by atoms with Crippen molar-refractivity contribution < 1.29 is 9.18 Å². The van der Waals surface area contributed by atoms with Gasteiger partial charge >= 0.3 is 0 Å². The number of nitrogen functional groups attached to an aromatic ring is 1. The number of hydrogen-bond donors (Lipinski definition) is 1. The summed E-state index contributed by atoms with van der Waals surface area (Å²) in [6, 6.07) is 9.09. The zero-order chi connectivity index (χ0) is 13.3. The van der Waals surface area contributed by atoms with Crippen molar-refractivity contribution in [3.05, 3.63) is 62.3 Å². The molecule has 0 aliphatic rings. The minimum Gasteiger partial charge on any atom is -0.399 e. The van der Waals surface area contributed by atoms with Gasteiger partial charge in [-0.3, -0.25) is 4.79 Å². The molecular formula is C13H8Br2FNO. The number of ketones is 1. The van der Waals surface area contributed by atoms with Crippen molar-refractivity contribution in [2.75, 3.05) is 5.73 Å². The van der Waals surface area contributed by atoms with Crippen LogP contribution < -0.4 is 5.73 Å². The number of rotatable bonds is 2. The Kier molecular flexibility index (Phi) is 3.82. The van der Waals surface area contributed by atoms with E-state index in [1.807, 2.05) is 0 Å². The molecule has 0 aromatic heterocycles. The third-order valence-corrected chi connectivity index (χ3v) is 3.59. The van der Waals surface area contributed by atoms with Crippen LogP contribution in [0.5, 0.6) is 0 Å². The summed E-state index contributed by atoms with van der Waals surface area (Å²) in [6.07, 6.45) is 0. The van der Waals surface area contributed by atoms with Crippen molar-refractivity contribution in [3.8, 4) is 0 Å². The Bertz CT molecular complexity index is 575. The second-order valence-corrected chi connectivity index (χ2v) is 5.46. The lowest BCUT2D eigenvalue weighted by molar-refractivity contribution is 0.103. The summed E-state index contributed by atoms with van der Waals surface area (Å²) in [4.78, 5) is 12.2. The first-order valence-electron chi connectivity index (χ1n) is 5.04. The smallest absolute Gasteiger partial charge is 0.197 e. The Balaban J connectivity index is 2.54. The van der Waals surface area contributed by atoms with Crippen LogP contribution in [-0.2, 0) is 0 Å². The number of halogens is 3. The van der Waals surface area contributed by atoms with Crippen LogP contribution in [-0.4, -0.2) is 5.78 Å². The van der Waals surface area contributed by atoms with Gasteiger partial charge in [0.25, 0.3) is 0 Å². The molecule has 2 aromatic rings. The van der Waals surface area contributed by atoms with Crippen LogP contribution >= 0.6 is 31.9 Å². The van der Waals surface area contributed by atoms with Crippen molar-refractivity contribution in [1.29, 1.82) is 0 Å². The molecule has 0 bridgehead atoms. The maximum Gasteiger partial charge on any atom is 0.197 e. The van der Waals surface area contributed by atoms with Gasteiger partial charge < -0.3 is 5.73 Å².